The second kappa shape index (κ2) is 6.53. The molecular weight excluding hydrogens is 124 g/mol. The van der Waals surface area contributed by atoms with Crippen molar-refractivity contribution in [3.63, 3.8) is 0 Å². The van der Waals surface area contributed by atoms with Crippen molar-refractivity contribution < 1.29 is 4.79 Å². The molecule has 0 aromatic rings. The molecule has 1 nitrogen and oxygen atoms in total. The van der Waals surface area contributed by atoms with Gasteiger partial charge in [0.2, 0.25) is 0 Å². The van der Waals surface area contributed by atoms with Crippen LogP contribution in [0.1, 0.15) is 39.5 Å². The van der Waals surface area contributed by atoms with Crippen LogP contribution in [0.5, 0.6) is 0 Å². The molecule has 0 saturated carbocycles. The molecule has 0 N–H and O–H groups in total. The largest absolute Gasteiger partial charge is 0.299 e. The fourth-order valence-electron chi connectivity index (χ4n) is 0.762. The highest BCUT2D eigenvalue weighted by Crippen LogP contribution is 1.95. The molecule has 0 aromatic heterocycles. The summed E-state index contributed by atoms with van der Waals surface area (Å²) in [5, 5.41) is 0. The summed E-state index contributed by atoms with van der Waals surface area (Å²) in [6.07, 6.45) is 7.35. The molecule has 0 saturated heterocycles. The molecule has 0 amide bonds. The molecule has 58 valence electrons. The Morgan fingerprint density at radius 3 is 2.50 bits per heavy atom. The number of rotatable bonds is 5. The van der Waals surface area contributed by atoms with Crippen LogP contribution in [0.3, 0.4) is 0 Å². The smallest absolute Gasteiger partial charge is 0.136 e. The summed E-state index contributed by atoms with van der Waals surface area (Å²) in [5.41, 5.74) is 0. The van der Waals surface area contributed by atoms with Crippen LogP contribution in [-0.2, 0) is 4.79 Å². The maximum Gasteiger partial charge on any atom is 0.136 e. The molecule has 0 spiro atoms. The second-order valence-corrected chi connectivity index (χ2v) is 2.37. The first-order chi connectivity index (χ1) is 4.81. The van der Waals surface area contributed by atoms with Gasteiger partial charge in [0.05, 0.1) is 0 Å². The summed E-state index contributed by atoms with van der Waals surface area (Å²) in [6, 6.07) is 0. The minimum atomic E-state index is 0.354. The fraction of sp³-hybridized carbons (Fsp3) is 0.667. The van der Waals surface area contributed by atoms with Crippen molar-refractivity contribution in [2.45, 2.75) is 39.5 Å². The Hall–Kier alpha value is -0.590. The van der Waals surface area contributed by atoms with Crippen molar-refractivity contribution in [1.82, 2.24) is 0 Å². The molecule has 0 aliphatic rings. The van der Waals surface area contributed by atoms with Crippen molar-refractivity contribution in [3.8, 4) is 0 Å². The zero-order valence-electron chi connectivity index (χ0n) is 6.89. The van der Waals surface area contributed by atoms with E-state index >= 15 is 0 Å². The van der Waals surface area contributed by atoms with Gasteiger partial charge in [-0.25, -0.2) is 0 Å². The van der Waals surface area contributed by atoms with Crippen LogP contribution in [0.15, 0.2) is 12.2 Å². The van der Waals surface area contributed by atoms with Crippen LogP contribution >= 0.6 is 0 Å². The molecule has 0 aliphatic heterocycles. The summed E-state index contributed by atoms with van der Waals surface area (Å²) in [4.78, 5) is 10.9. The van der Waals surface area contributed by atoms with E-state index in [2.05, 4.69) is 6.92 Å². The van der Waals surface area contributed by atoms with E-state index in [1.165, 1.54) is 0 Å². The van der Waals surface area contributed by atoms with Gasteiger partial charge in [-0.2, -0.15) is 0 Å². The van der Waals surface area contributed by atoms with Crippen LogP contribution in [0, 0.1) is 0 Å². The molecule has 0 fully saturated rings. The van der Waals surface area contributed by atoms with Crippen molar-refractivity contribution in [3.05, 3.63) is 12.2 Å². The van der Waals surface area contributed by atoms with E-state index in [1.807, 2.05) is 19.1 Å². The number of carbonyl (C=O) groups is 1. The minimum absolute atomic E-state index is 0.354. The molecule has 10 heavy (non-hydrogen) atoms. The Morgan fingerprint density at radius 2 is 2.00 bits per heavy atom. The van der Waals surface area contributed by atoms with Crippen LogP contribution in [0.2, 0.25) is 0 Å². The van der Waals surface area contributed by atoms with Gasteiger partial charge in [-0.15, -0.1) is 0 Å². The quantitative estimate of drug-likeness (QED) is 0.536. The molecule has 1 heteroatoms. The molecule has 0 bridgehead atoms. The Labute approximate surface area is 63.1 Å². The molecule has 0 heterocycles. The van der Waals surface area contributed by atoms with Gasteiger partial charge in [-0.05, 0) is 12.8 Å². The number of hydrogen-bond donors (Lipinski definition) is 0. The maximum atomic E-state index is 10.9. The van der Waals surface area contributed by atoms with Crippen LogP contribution < -0.4 is 0 Å². The van der Waals surface area contributed by atoms with E-state index in [9.17, 15) is 4.79 Å². The number of allylic oxidation sites excluding steroid dienone is 2. The van der Waals surface area contributed by atoms with E-state index in [0.717, 1.165) is 19.3 Å². The van der Waals surface area contributed by atoms with Crippen molar-refractivity contribution in [1.29, 1.82) is 0 Å². The number of carbonyl (C=O) groups excluding carboxylic acids is 1. The Kier molecular flexibility index (Phi) is 6.14. The summed E-state index contributed by atoms with van der Waals surface area (Å²) in [6.45, 7) is 4.10. The van der Waals surface area contributed by atoms with E-state index in [0.29, 0.717) is 12.2 Å². The highest BCUT2D eigenvalue weighted by Gasteiger charge is 1.94. The third-order valence-corrected chi connectivity index (χ3v) is 1.28. The highest BCUT2D eigenvalue weighted by molar-refractivity contribution is 5.79. The average Bonchev–Trinajstić information content (AvgIpc) is 1.89. The lowest BCUT2D eigenvalue weighted by Crippen LogP contribution is -1.92. The maximum absolute atomic E-state index is 10.9. The van der Waals surface area contributed by atoms with Crippen molar-refractivity contribution in [2.75, 3.05) is 0 Å². The Morgan fingerprint density at radius 1 is 1.30 bits per heavy atom. The molecule has 0 rings (SSSR count). The summed E-state index contributed by atoms with van der Waals surface area (Å²) in [7, 11) is 0. The zero-order chi connectivity index (χ0) is 7.82. The fourth-order valence-corrected chi connectivity index (χ4v) is 0.762. The molecular formula is C9H16O. The number of hydrogen-bond acceptors (Lipinski definition) is 1. The van der Waals surface area contributed by atoms with Crippen molar-refractivity contribution in [2.24, 2.45) is 0 Å². The third-order valence-electron chi connectivity index (χ3n) is 1.28. The van der Waals surface area contributed by atoms with Gasteiger partial charge >= 0.3 is 0 Å². The zero-order valence-corrected chi connectivity index (χ0v) is 6.89. The monoisotopic (exact) mass is 140 g/mol. The van der Waals surface area contributed by atoms with Gasteiger partial charge in [-0.1, -0.05) is 26.0 Å². The van der Waals surface area contributed by atoms with Gasteiger partial charge in [-0.3, -0.25) is 4.79 Å². The summed E-state index contributed by atoms with van der Waals surface area (Å²) in [5.74, 6) is 0.354. The van der Waals surface area contributed by atoms with Crippen molar-refractivity contribution >= 4 is 5.78 Å². The van der Waals surface area contributed by atoms with E-state index < -0.39 is 0 Å². The van der Waals surface area contributed by atoms with Gasteiger partial charge in [0.15, 0.2) is 0 Å². The predicted molar refractivity (Wildman–Crippen MR) is 44.0 cm³/mol. The Balaban J connectivity index is 3.30. The highest BCUT2D eigenvalue weighted by atomic mass is 16.1. The van der Waals surface area contributed by atoms with Crippen LogP contribution in [0.4, 0.5) is 0 Å². The first kappa shape index (κ1) is 9.41. The minimum Gasteiger partial charge on any atom is -0.299 e. The molecule has 0 radical (unpaired) electrons. The second-order valence-electron chi connectivity index (χ2n) is 2.37. The first-order valence-corrected chi connectivity index (χ1v) is 3.98. The number of Topliss-reactive ketones (excluding diaryl/α,β-unsaturated/α-hetero) is 1. The summed E-state index contributed by atoms with van der Waals surface area (Å²) < 4.78 is 0. The van der Waals surface area contributed by atoms with Crippen LogP contribution in [-0.4, -0.2) is 5.78 Å². The molecule has 0 aromatic carbocycles. The van der Waals surface area contributed by atoms with Gasteiger partial charge in [0.25, 0.3) is 0 Å². The average molecular weight is 140 g/mol. The van der Waals surface area contributed by atoms with E-state index in [-0.39, 0.29) is 0 Å². The first-order valence-electron chi connectivity index (χ1n) is 3.98. The molecule has 0 aliphatic carbocycles. The lowest BCUT2D eigenvalue weighted by atomic mass is 10.2. The molecule has 0 atom stereocenters. The lowest BCUT2D eigenvalue weighted by molar-refractivity contribution is -0.118. The topological polar surface area (TPSA) is 17.1 Å². The summed E-state index contributed by atoms with van der Waals surface area (Å²) >= 11 is 0. The Bertz CT molecular complexity index is 114. The molecule has 0 unspecified atom stereocenters. The van der Waals surface area contributed by atoms with Gasteiger partial charge < -0.3 is 0 Å². The standard InChI is InChI=1S/C9H16O/c1-3-5-6-8-9(10)7-4-2/h5-6H,3-4,7-8H2,1-2H3/b6-5+. The van der Waals surface area contributed by atoms with Gasteiger partial charge in [0.1, 0.15) is 5.78 Å². The van der Waals surface area contributed by atoms with E-state index in [1.54, 1.807) is 0 Å². The van der Waals surface area contributed by atoms with Gasteiger partial charge in [0, 0.05) is 12.8 Å². The predicted octanol–water partition coefficient (Wildman–Crippen LogP) is 2.71. The number of ketones is 1. The SMILES string of the molecule is CC/C=C/CC(=O)CCC. The third kappa shape index (κ3) is 5.54. The normalized spacial score (nSPS) is 10.6. The van der Waals surface area contributed by atoms with E-state index in [4.69, 9.17) is 0 Å². The lowest BCUT2D eigenvalue weighted by Gasteiger charge is -1.90. The van der Waals surface area contributed by atoms with Crippen LogP contribution in [0.25, 0.3) is 0 Å².